The summed E-state index contributed by atoms with van der Waals surface area (Å²) in [4.78, 5) is 49.0. The minimum Gasteiger partial charge on any atom is -0.756 e. The van der Waals surface area contributed by atoms with Gasteiger partial charge in [-0.2, -0.15) is 0 Å². The second kappa shape index (κ2) is 42.4. The van der Waals surface area contributed by atoms with E-state index in [1.165, 1.54) is 141 Å². The van der Waals surface area contributed by atoms with E-state index in [0.29, 0.717) is 12.8 Å². The van der Waals surface area contributed by atoms with Gasteiger partial charge in [0.1, 0.15) is 13.2 Å². The molecule has 0 saturated carbocycles. The number of ether oxygens (including phenoxy) is 3. The Morgan fingerprint density at radius 3 is 1.32 bits per heavy atom. The Hall–Kier alpha value is -1.72. The summed E-state index contributed by atoms with van der Waals surface area (Å²) in [5.41, 5.74) is 5.28. The highest BCUT2D eigenvalue weighted by molar-refractivity contribution is 7.45. The number of amides is 1. The van der Waals surface area contributed by atoms with Gasteiger partial charge in [-0.25, -0.2) is 4.79 Å². The van der Waals surface area contributed by atoms with Crippen LogP contribution in [0.2, 0.25) is 0 Å². The average Bonchev–Trinajstić information content (AvgIpc) is 3.19. The Bertz CT molecular complexity index is 973. The van der Waals surface area contributed by atoms with Gasteiger partial charge in [0, 0.05) is 25.9 Å². The molecule has 0 aromatic carbocycles. The standard InChI is InChI=1S/C44H87N2O10P/c1-3-5-7-9-11-13-15-17-19-21-23-25-27-29-31-33-42(47)53-39-41(40-55-57(50,51)54-38-36-46-44(49)52-37-35-45)56-43(48)34-32-30-28-26-24-22-20-18-16-14-12-10-8-6-4-2/h41H,3-40,45H2,1-2H3,(H,46,49)(H,50,51)/p-1/t41-/m1/s1. The fraction of sp³-hybridized carbons (Fsp3) is 0.932. The van der Waals surface area contributed by atoms with Crippen LogP contribution in [0, 0.1) is 0 Å². The van der Waals surface area contributed by atoms with Crippen molar-refractivity contribution in [3.63, 3.8) is 0 Å². The molecule has 0 aromatic heterocycles. The molecule has 338 valence electrons. The highest BCUT2D eigenvalue weighted by atomic mass is 31.2. The molecule has 0 aliphatic heterocycles. The van der Waals surface area contributed by atoms with Crippen molar-refractivity contribution in [1.29, 1.82) is 0 Å². The number of carbonyl (C=O) groups excluding carboxylic acids is 3. The van der Waals surface area contributed by atoms with Crippen LogP contribution in [0.25, 0.3) is 0 Å². The van der Waals surface area contributed by atoms with Gasteiger partial charge in [-0.3, -0.25) is 14.2 Å². The quantitative estimate of drug-likeness (QED) is 0.0258. The Morgan fingerprint density at radius 2 is 0.912 bits per heavy atom. The lowest BCUT2D eigenvalue weighted by Crippen LogP contribution is -2.31. The van der Waals surface area contributed by atoms with Gasteiger partial charge in [0.2, 0.25) is 0 Å². The number of hydrogen-bond donors (Lipinski definition) is 2. The van der Waals surface area contributed by atoms with Gasteiger partial charge < -0.3 is 39.2 Å². The van der Waals surface area contributed by atoms with Gasteiger partial charge in [0.05, 0.1) is 13.2 Å². The molecule has 57 heavy (non-hydrogen) atoms. The van der Waals surface area contributed by atoms with Gasteiger partial charge in [0.15, 0.2) is 6.10 Å². The molecule has 2 atom stereocenters. The normalized spacial score (nSPS) is 12.9. The van der Waals surface area contributed by atoms with E-state index in [0.717, 1.165) is 38.5 Å². The molecule has 0 aliphatic rings. The van der Waals surface area contributed by atoms with Crippen LogP contribution in [-0.2, 0) is 37.4 Å². The molecule has 0 fully saturated rings. The molecule has 0 aliphatic carbocycles. The zero-order chi connectivity index (χ0) is 41.9. The van der Waals surface area contributed by atoms with E-state index in [1.54, 1.807) is 0 Å². The molecule has 13 heteroatoms. The molecule has 1 amide bonds. The summed E-state index contributed by atoms with van der Waals surface area (Å²) in [6.07, 6.45) is 35.3. The Morgan fingerprint density at radius 1 is 0.526 bits per heavy atom. The smallest absolute Gasteiger partial charge is 0.407 e. The predicted octanol–water partition coefficient (Wildman–Crippen LogP) is 11.2. The molecule has 0 heterocycles. The maximum absolute atomic E-state index is 12.7. The van der Waals surface area contributed by atoms with Crippen molar-refractivity contribution in [3.05, 3.63) is 0 Å². The second-order valence-electron chi connectivity index (χ2n) is 15.6. The van der Waals surface area contributed by atoms with Gasteiger partial charge >= 0.3 is 18.0 Å². The molecule has 0 rings (SSSR count). The summed E-state index contributed by atoms with van der Waals surface area (Å²) in [5.74, 6) is -0.930. The first-order valence-electron chi connectivity index (χ1n) is 23.3. The van der Waals surface area contributed by atoms with E-state index in [-0.39, 0.29) is 39.1 Å². The van der Waals surface area contributed by atoms with Gasteiger partial charge in [-0.15, -0.1) is 0 Å². The highest BCUT2D eigenvalue weighted by Gasteiger charge is 2.21. The molecular formula is C44H86N2O10P-. The number of esters is 2. The summed E-state index contributed by atoms with van der Waals surface area (Å²) in [6.45, 7) is 3.26. The zero-order valence-corrected chi connectivity index (χ0v) is 37.4. The van der Waals surface area contributed by atoms with Crippen LogP contribution < -0.4 is 15.9 Å². The molecule has 1 unspecified atom stereocenters. The Balaban J connectivity index is 4.40. The van der Waals surface area contributed by atoms with E-state index >= 15 is 0 Å². The monoisotopic (exact) mass is 834 g/mol. The van der Waals surface area contributed by atoms with Crippen LogP contribution in [0.4, 0.5) is 4.79 Å². The first-order valence-corrected chi connectivity index (χ1v) is 24.8. The number of alkyl carbamates (subject to hydrolysis) is 1. The first kappa shape index (κ1) is 55.3. The lowest BCUT2D eigenvalue weighted by atomic mass is 10.0. The van der Waals surface area contributed by atoms with Crippen molar-refractivity contribution in [3.8, 4) is 0 Å². The van der Waals surface area contributed by atoms with Gasteiger partial charge in [0.25, 0.3) is 7.82 Å². The van der Waals surface area contributed by atoms with Crippen molar-refractivity contribution >= 4 is 25.9 Å². The van der Waals surface area contributed by atoms with Crippen LogP contribution in [0.3, 0.4) is 0 Å². The van der Waals surface area contributed by atoms with E-state index in [1.807, 2.05) is 0 Å². The number of nitrogens with one attached hydrogen (secondary N) is 1. The van der Waals surface area contributed by atoms with Crippen LogP contribution >= 0.6 is 7.82 Å². The lowest BCUT2D eigenvalue weighted by Gasteiger charge is -2.25. The van der Waals surface area contributed by atoms with Crippen LogP contribution in [0.1, 0.15) is 219 Å². The molecular weight excluding hydrogens is 747 g/mol. The second-order valence-corrected chi connectivity index (χ2v) is 17.0. The summed E-state index contributed by atoms with van der Waals surface area (Å²) >= 11 is 0. The molecule has 0 bridgehead atoms. The average molecular weight is 834 g/mol. The van der Waals surface area contributed by atoms with Crippen molar-refractivity contribution < 1.29 is 47.1 Å². The summed E-state index contributed by atoms with van der Waals surface area (Å²) in [6, 6.07) is 0. The number of unbranched alkanes of at least 4 members (excludes halogenated alkanes) is 28. The molecule has 0 aromatic rings. The van der Waals surface area contributed by atoms with Crippen LogP contribution in [-0.4, -0.2) is 63.7 Å². The minimum absolute atomic E-state index is 0.0272. The SMILES string of the molecule is CCCCCCCCCCCCCCCCCC(=O)OC[C@H](COP(=O)([O-])OCCNC(=O)OCCN)OC(=O)CCCCCCCCCCCCCCCCC. The fourth-order valence-corrected chi connectivity index (χ4v) is 7.36. The van der Waals surface area contributed by atoms with E-state index < -0.39 is 45.2 Å². The third-order valence-corrected chi connectivity index (χ3v) is 11.1. The summed E-state index contributed by atoms with van der Waals surface area (Å²) < 4.78 is 37.7. The van der Waals surface area contributed by atoms with Crippen molar-refractivity contribution in [2.75, 3.05) is 39.5 Å². The fourth-order valence-electron chi connectivity index (χ4n) is 6.63. The van der Waals surface area contributed by atoms with Crippen LogP contribution in [0.5, 0.6) is 0 Å². The Kier molecular flexibility index (Phi) is 41.1. The predicted molar refractivity (Wildman–Crippen MR) is 228 cm³/mol. The highest BCUT2D eigenvalue weighted by Crippen LogP contribution is 2.38. The van der Waals surface area contributed by atoms with Gasteiger partial charge in [-0.1, -0.05) is 194 Å². The third-order valence-electron chi connectivity index (χ3n) is 10.1. The zero-order valence-electron chi connectivity index (χ0n) is 36.6. The molecule has 3 N–H and O–H groups in total. The molecule has 0 spiro atoms. The van der Waals surface area contributed by atoms with Crippen molar-refractivity contribution in [1.82, 2.24) is 5.32 Å². The summed E-state index contributed by atoms with van der Waals surface area (Å²) in [7, 11) is -4.81. The third kappa shape index (κ3) is 42.2. The minimum atomic E-state index is -4.81. The first-order chi connectivity index (χ1) is 27.7. The van der Waals surface area contributed by atoms with E-state index in [4.69, 9.17) is 29.0 Å². The van der Waals surface area contributed by atoms with Crippen LogP contribution in [0.15, 0.2) is 0 Å². The summed E-state index contributed by atoms with van der Waals surface area (Å²) in [5, 5.41) is 2.33. The maximum Gasteiger partial charge on any atom is 0.407 e. The number of hydrogen-bond acceptors (Lipinski definition) is 11. The maximum atomic E-state index is 12.7. The number of rotatable bonds is 44. The Labute approximate surface area is 348 Å². The number of phosphoric ester groups is 1. The topological polar surface area (TPSA) is 176 Å². The van der Waals surface area contributed by atoms with E-state index in [2.05, 4.69) is 19.2 Å². The molecule has 12 nitrogen and oxygen atoms in total. The largest absolute Gasteiger partial charge is 0.756 e. The van der Waals surface area contributed by atoms with E-state index in [9.17, 15) is 23.8 Å². The lowest BCUT2D eigenvalue weighted by molar-refractivity contribution is -0.228. The molecule has 0 saturated heterocycles. The molecule has 0 radical (unpaired) electrons. The number of phosphoric acid groups is 1. The van der Waals surface area contributed by atoms with Gasteiger partial charge in [-0.05, 0) is 12.8 Å². The van der Waals surface area contributed by atoms with Crippen molar-refractivity contribution in [2.24, 2.45) is 5.73 Å². The number of nitrogens with two attached hydrogens (primary N) is 1. The van der Waals surface area contributed by atoms with Crippen molar-refractivity contribution in [2.45, 2.75) is 225 Å². The number of carbonyl (C=O) groups is 3.